The van der Waals surface area contributed by atoms with Gasteiger partial charge in [0.1, 0.15) is 5.69 Å². The van der Waals surface area contributed by atoms with Crippen molar-refractivity contribution in [3.05, 3.63) is 58.6 Å². The summed E-state index contributed by atoms with van der Waals surface area (Å²) in [5.74, 6) is 5.96. The van der Waals surface area contributed by atoms with E-state index in [9.17, 15) is 0 Å². The van der Waals surface area contributed by atoms with Gasteiger partial charge in [0.25, 0.3) is 0 Å². The van der Waals surface area contributed by atoms with Gasteiger partial charge in [-0.15, -0.1) is 0 Å². The van der Waals surface area contributed by atoms with Crippen LogP contribution in [0.1, 0.15) is 11.3 Å². The average Bonchev–Trinajstić information content (AvgIpc) is 2.30. The van der Waals surface area contributed by atoms with Crippen molar-refractivity contribution in [3.63, 3.8) is 0 Å². The summed E-state index contributed by atoms with van der Waals surface area (Å²) in [6.07, 6.45) is 5.18. The van der Waals surface area contributed by atoms with E-state index < -0.39 is 0 Å². The minimum absolute atomic E-state index is 0.752. The molecular formula is C12H7BrN2. The van der Waals surface area contributed by atoms with Gasteiger partial charge in [-0.3, -0.25) is 4.98 Å². The first-order chi connectivity index (χ1) is 7.34. The second-order valence-corrected chi connectivity index (χ2v) is 3.77. The van der Waals surface area contributed by atoms with E-state index in [2.05, 4.69) is 37.7 Å². The Hall–Kier alpha value is -1.66. The van der Waals surface area contributed by atoms with E-state index in [1.807, 2.05) is 24.3 Å². The quantitative estimate of drug-likeness (QED) is 0.680. The molecule has 2 nitrogen and oxygen atoms in total. The Bertz CT molecular complexity index is 495. The molecule has 0 aliphatic heterocycles. The van der Waals surface area contributed by atoms with Gasteiger partial charge in [0.05, 0.1) is 0 Å². The van der Waals surface area contributed by atoms with Crippen LogP contribution >= 0.6 is 15.9 Å². The lowest BCUT2D eigenvalue weighted by molar-refractivity contribution is 1.27. The van der Waals surface area contributed by atoms with Gasteiger partial charge in [0, 0.05) is 28.6 Å². The van der Waals surface area contributed by atoms with Crippen LogP contribution in [0, 0.1) is 11.8 Å². The van der Waals surface area contributed by atoms with E-state index in [0.717, 1.165) is 15.7 Å². The summed E-state index contributed by atoms with van der Waals surface area (Å²) < 4.78 is 0.953. The SMILES string of the molecule is Brc1ccc(C#Cc2cccnc2)nc1. The zero-order valence-electron chi connectivity index (χ0n) is 7.81. The van der Waals surface area contributed by atoms with E-state index in [1.54, 1.807) is 18.6 Å². The molecule has 0 aliphatic carbocycles. The fourth-order valence-corrected chi connectivity index (χ4v) is 1.26. The van der Waals surface area contributed by atoms with Crippen LogP contribution in [0.2, 0.25) is 0 Å². The van der Waals surface area contributed by atoms with Crippen LogP contribution in [0.25, 0.3) is 0 Å². The minimum atomic E-state index is 0.752. The third-order valence-corrected chi connectivity index (χ3v) is 2.19. The first-order valence-electron chi connectivity index (χ1n) is 4.38. The summed E-state index contributed by atoms with van der Waals surface area (Å²) in [4.78, 5) is 8.13. The van der Waals surface area contributed by atoms with Crippen LogP contribution in [0.3, 0.4) is 0 Å². The topological polar surface area (TPSA) is 25.8 Å². The number of rotatable bonds is 0. The predicted molar refractivity (Wildman–Crippen MR) is 62.2 cm³/mol. The number of nitrogens with zero attached hydrogens (tertiary/aromatic N) is 2. The molecular weight excluding hydrogens is 252 g/mol. The maximum absolute atomic E-state index is 4.15. The highest BCUT2D eigenvalue weighted by atomic mass is 79.9. The molecule has 0 N–H and O–H groups in total. The molecule has 0 radical (unpaired) electrons. The lowest BCUT2D eigenvalue weighted by Gasteiger charge is -1.89. The largest absolute Gasteiger partial charge is 0.263 e. The zero-order valence-corrected chi connectivity index (χ0v) is 9.40. The highest BCUT2D eigenvalue weighted by molar-refractivity contribution is 9.10. The van der Waals surface area contributed by atoms with E-state index >= 15 is 0 Å². The molecule has 3 heteroatoms. The molecule has 0 unspecified atom stereocenters. The van der Waals surface area contributed by atoms with Gasteiger partial charge in [-0.1, -0.05) is 5.92 Å². The first-order valence-corrected chi connectivity index (χ1v) is 5.17. The molecule has 0 fully saturated rings. The number of hydrogen-bond acceptors (Lipinski definition) is 2. The molecule has 0 saturated carbocycles. The van der Waals surface area contributed by atoms with Crippen LogP contribution in [-0.4, -0.2) is 9.97 Å². The predicted octanol–water partition coefficient (Wildman–Crippen LogP) is 2.64. The smallest absolute Gasteiger partial charge is 0.113 e. The van der Waals surface area contributed by atoms with Gasteiger partial charge in [-0.2, -0.15) is 0 Å². The lowest BCUT2D eigenvalue weighted by Crippen LogP contribution is -1.81. The molecule has 0 aliphatic rings. The molecule has 0 amide bonds. The summed E-state index contributed by atoms with van der Waals surface area (Å²) in [7, 11) is 0. The second kappa shape index (κ2) is 4.72. The Morgan fingerprint density at radius 2 is 2.00 bits per heavy atom. The van der Waals surface area contributed by atoms with Crippen LogP contribution < -0.4 is 0 Å². The van der Waals surface area contributed by atoms with Gasteiger partial charge in [-0.25, -0.2) is 4.98 Å². The highest BCUT2D eigenvalue weighted by Gasteiger charge is 1.88. The van der Waals surface area contributed by atoms with Crippen LogP contribution in [-0.2, 0) is 0 Å². The van der Waals surface area contributed by atoms with Crippen LogP contribution in [0.5, 0.6) is 0 Å². The van der Waals surface area contributed by atoms with Crippen molar-refractivity contribution in [2.45, 2.75) is 0 Å². The van der Waals surface area contributed by atoms with Gasteiger partial charge >= 0.3 is 0 Å². The van der Waals surface area contributed by atoms with Crippen molar-refractivity contribution in [2.75, 3.05) is 0 Å². The van der Waals surface area contributed by atoms with Crippen LogP contribution in [0.4, 0.5) is 0 Å². The fourth-order valence-electron chi connectivity index (χ4n) is 1.02. The number of aromatic nitrogens is 2. The third-order valence-electron chi connectivity index (χ3n) is 1.72. The van der Waals surface area contributed by atoms with E-state index in [4.69, 9.17) is 0 Å². The number of halogens is 1. The molecule has 2 aromatic heterocycles. The minimum Gasteiger partial charge on any atom is -0.263 e. The summed E-state index contributed by atoms with van der Waals surface area (Å²) in [5.41, 5.74) is 1.64. The van der Waals surface area contributed by atoms with Gasteiger partial charge < -0.3 is 0 Å². The molecule has 72 valence electrons. The zero-order chi connectivity index (χ0) is 10.5. The van der Waals surface area contributed by atoms with Crippen molar-refractivity contribution in [3.8, 4) is 11.8 Å². The third kappa shape index (κ3) is 2.90. The molecule has 2 heterocycles. The van der Waals surface area contributed by atoms with Crippen molar-refractivity contribution in [1.29, 1.82) is 0 Å². The van der Waals surface area contributed by atoms with Crippen LogP contribution in [0.15, 0.2) is 47.3 Å². The van der Waals surface area contributed by atoms with E-state index in [1.165, 1.54) is 0 Å². The Morgan fingerprint density at radius 1 is 1.07 bits per heavy atom. The van der Waals surface area contributed by atoms with Crippen molar-refractivity contribution in [1.82, 2.24) is 9.97 Å². The summed E-state index contributed by atoms with van der Waals surface area (Å²) in [6.45, 7) is 0. The summed E-state index contributed by atoms with van der Waals surface area (Å²) in [6, 6.07) is 7.56. The Balaban J connectivity index is 2.22. The number of pyridine rings is 2. The van der Waals surface area contributed by atoms with Gasteiger partial charge in [0.15, 0.2) is 0 Å². The molecule has 0 aromatic carbocycles. The van der Waals surface area contributed by atoms with Gasteiger partial charge in [0.2, 0.25) is 0 Å². The van der Waals surface area contributed by atoms with E-state index in [-0.39, 0.29) is 0 Å². The standard InChI is InChI=1S/C12H7BrN2/c13-11-4-6-12(15-9-11)5-3-10-2-1-7-14-8-10/h1-2,4,6-9H. The Labute approximate surface area is 96.5 Å². The highest BCUT2D eigenvalue weighted by Crippen LogP contribution is 2.06. The molecule has 0 spiro atoms. The summed E-state index contributed by atoms with van der Waals surface area (Å²) >= 11 is 3.32. The van der Waals surface area contributed by atoms with Crippen molar-refractivity contribution >= 4 is 15.9 Å². The normalized spacial score (nSPS) is 9.13. The average molecular weight is 259 g/mol. The molecule has 2 aromatic rings. The Morgan fingerprint density at radius 3 is 2.67 bits per heavy atom. The molecule has 0 bridgehead atoms. The van der Waals surface area contributed by atoms with Crippen molar-refractivity contribution < 1.29 is 0 Å². The first kappa shape index (κ1) is 9.88. The maximum Gasteiger partial charge on any atom is 0.113 e. The Kier molecular flexibility index (Phi) is 3.11. The van der Waals surface area contributed by atoms with E-state index in [0.29, 0.717) is 0 Å². The molecule has 0 saturated heterocycles. The molecule has 0 atom stereocenters. The summed E-state index contributed by atoms with van der Waals surface area (Å²) in [5, 5.41) is 0. The maximum atomic E-state index is 4.15. The molecule has 2 rings (SSSR count). The monoisotopic (exact) mass is 258 g/mol. The lowest BCUT2D eigenvalue weighted by atomic mass is 10.3. The second-order valence-electron chi connectivity index (χ2n) is 2.85. The fraction of sp³-hybridized carbons (Fsp3) is 0. The van der Waals surface area contributed by atoms with Crippen molar-refractivity contribution in [2.24, 2.45) is 0 Å². The number of hydrogen-bond donors (Lipinski definition) is 0. The molecule has 15 heavy (non-hydrogen) atoms. The van der Waals surface area contributed by atoms with Gasteiger partial charge in [-0.05, 0) is 46.1 Å².